The van der Waals surface area contributed by atoms with Crippen molar-refractivity contribution in [1.82, 2.24) is 25.1 Å². The predicted octanol–water partition coefficient (Wildman–Crippen LogP) is 2.04. The number of nitrogens with one attached hydrogen (secondary N) is 2. The number of nitrogens with zero attached hydrogens (tertiary/aromatic N) is 3. The normalized spacial score (nSPS) is 11.4. The molecule has 2 N–H and O–H groups in total. The minimum atomic E-state index is 0.697. The number of aromatic nitrogens is 4. The first-order chi connectivity index (χ1) is 8.06. The van der Waals surface area contributed by atoms with Crippen LogP contribution in [-0.4, -0.2) is 32.1 Å². The molecule has 0 atom stereocenters. The highest BCUT2D eigenvalue weighted by Crippen LogP contribution is 2.18. The molecule has 0 spiro atoms. The van der Waals surface area contributed by atoms with Gasteiger partial charge in [-0.15, -0.1) is 0 Å². The van der Waals surface area contributed by atoms with Crippen molar-refractivity contribution in [3.63, 3.8) is 0 Å². The molecule has 2 heterocycles. The van der Waals surface area contributed by atoms with Crippen LogP contribution in [0.4, 0.5) is 0 Å². The van der Waals surface area contributed by atoms with Crippen LogP contribution in [-0.2, 0) is 13.1 Å². The van der Waals surface area contributed by atoms with Gasteiger partial charge in [-0.3, -0.25) is 10.00 Å². The number of aryl methyl sites for hydroxylation is 2. The molecule has 2 aromatic rings. The summed E-state index contributed by atoms with van der Waals surface area (Å²) in [4.78, 5) is 9.58. The van der Waals surface area contributed by atoms with Gasteiger partial charge in [-0.1, -0.05) is 11.6 Å². The van der Waals surface area contributed by atoms with Crippen molar-refractivity contribution in [3.05, 3.63) is 34.1 Å². The third kappa shape index (κ3) is 2.87. The Balaban J connectivity index is 1.97. The van der Waals surface area contributed by atoms with E-state index < -0.39 is 0 Å². The fourth-order valence-corrected chi connectivity index (χ4v) is 1.83. The summed E-state index contributed by atoms with van der Waals surface area (Å²) in [6, 6.07) is 0. The summed E-state index contributed by atoms with van der Waals surface area (Å²) in [7, 11) is 2.01. The van der Waals surface area contributed by atoms with E-state index in [0.717, 1.165) is 29.5 Å². The Kier molecular flexibility index (Phi) is 3.49. The van der Waals surface area contributed by atoms with Crippen molar-refractivity contribution in [2.24, 2.45) is 0 Å². The Morgan fingerprint density at radius 2 is 2.12 bits per heavy atom. The fourth-order valence-electron chi connectivity index (χ4n) is 1.69. The fraction of sp³-hybridized carbons (Fsp3) is 0.455. The van der Waals surface area contributed by atoms with Crippen molar-refractivity contribution in [2.75, 3.05) is 7.05 Å². The van der Waals surface area contributed by atoms with Crippen LogP contribution in [0.15, 0.2) is 6.20 Å². The lowest BCUT2D eigenvalue weighted by Gasteiger charge is -2.13. The number of imidazole rings is 1. The zero-order valence-corrected chi connectivity index (χ0v) is 11.0. The molecule has 6 heteroatoms. The minimum Gasteiger partial charge on any atom is -0.345 e. The molecule has 0 fully saturated rings. The van der Waals surface area contributed by atoms with Crippen molar-refractivity contribution >= 4 is 11.6 Å². The molecule has 2 rings (SSSR count). The minimum absolute atomic E-state index is 0.697. The van der Waals surface area contributed by atoms with Crippen molar-refractivity contribution in [3.8, 4) is 0 Å². The number of hydrogen-bond donors (Lipinski definition) is 2. The monoisotopic (exact) mass is 253 g/mol. The highest BCUT2D eigenvalue weighted by molar-refractivity contribution is 6.31. The standard InChI is InChI=1S/C11H16ClN5/c1-7-4-13-10(14-7)6-17(3)5-9-11(12)8(2)15-16-9/h4H,5-6H2,1-3H3,(H,13,14)(H,15,16). The SMILES string of the molecule is Cc1cnc(CN(C)Cc2n[nH]c(C)c2Cl)[nH]1. The van der Waals surface area contributed by atoms with Crippen LogP contribution in [0.2, 0.25) is 5.02 Å². The molecule has 17 heavy (non-hydrogen) atoms. The van der Waals surface area contributed by atoms with Crippen molar-refractivity contribution < 1.29 is 0 Å². The van der Waals surface area contributed by atoms with E-state index in [-0.39, 0.29) is 0 Å². The summed E-state index contributed by atoms with van der Waals surface area (Å²) in [5.41, 5.74) is 2.85. The quantitative estimate of drug-likeness (QED) is 0.877. The molecular formula is C11H16ClN5. The second-order valence-corrected chi connectivity index (χ2v) is 4.67. The summed E-state index contributed by atoms with van der Waals surface area (Å²) in [6.45, 7) is 5.35. The molecule has 0 saturated heterocycles. The molecule has 0 amide bonds. The summed E-state index contributed by atoms with van der Waals surface area (Å²) in [6.07, 6.45) is 1.83. The van der Waals surface area contributed by atoms with Crippen LogP contribution < -0.4 is 0 Å². The molecule has 0 aromatic carbocycles. The Morgan fingerprint density at radius 1 is 1.35 bits per heavy atom. The average Bonchev–Trinajstić information content (AvgIpc) is 2.79. The van der Waals surface area contributed by atoms with E-state index in [1.165, 1.54) is 0 Å². The van der Waals surface area contributed by atoms with E-state index in [4.69, 9.17) is 11.6 Å². The van der Waals surface area contributed by atoms with Gasteiger partial charge in [0.1, 0.15) is 5.82 Å². The van der Waals surface area contributed by atoms with Gasteiger partial charge in [0.05, 0.1) is 23.0 Å². The van der Waals surface area contributed by atoms with Gasteiger partial charge in [0, 0.05) is 18.4 Å². The van der Waals surface area contributed by atoms with Gasteiger partial charge in [-0.05, 0) is 20.9 Å². The second kappa shape index (κ2) is 4.89. The molecule has 0 unspecified atom stereocenters. The van der Waals surface area contributed by atoms with Crippen LogP contribution in [0.3, 0.4) is 0 Å². The summed E-state index contributed by atoms with van der Waals surface area (Å²) in [5, 5.41) is 7.77. The zero-order valence-electron chi connectivity index (χ0n) is 10.2. The van der Waals surface area contributed by atoms with Crippen LogP contribution in [0, 0.1) is 13.8 Å². The summed E-state index contributed by atoms with van der Waals surface area (Å²) >= 11 is 6.12. The van der Waals surface area contributed by atoms with Crippen LogP contribution >= 0.6 is 11.6 Å². The lowest BCUT2D eigenvalue weighted by Crippen LogP contribution is -2.18. The molecule has 0 bridgehead atoms. The summed E-state index contributed by atoms with van der Waals surface area (Å²) < 4.78 is 0. The molecule has 5 nitrogen and oxygen atoms in total. The number of H-pyrrole nitrogens is 2. The Bertz CT molecular complexity index is 502. The van der Waals surface area contributed by atoms with Crippen LogP contribution in [0.25, 0.3) is 0 Å². The smallest absolute Gasteiger partial charge is 0.120 e. The first-order valence-electron chi connectivity index (χ1n) is 5.44. The van der Waals surface area contributed by atoms with Gasteiger partial charge >= 0.3 is 0 Å². The third-order valence-corrected chi connectivity index (χ3v) is 3.04. The van der Waals surface area contributed by atoms with Gasteiger partial charge in [0.25, 0.3) is 0 Å². The largest absolute Gasteiger partial charge is 0.345 e. The van der Waals surface area contributed by atoms with Gasteiger partial charge in [-0.25, -0.2) is 4.98 Å². The van der Waals surface area contributed by atoms with Crippen LogP contribution in [0.5, 0.6) is 0 Å². The lowest BCUT2D eigenvalue weighted by atomic mass is 10.3. The Labute approximate surface area is 105 Å². The molecule has 0 aliphatic carbocycles. The van der Waals surface area contributed by atoms with Crippen molar-refractivity contribution in [1.29, 1.82) is 0 Å². The Hall–Kier alpha value is -1.33. The molecular weight excluding hydrogens is 238 g/mol. The molecule has 0 saturated carbocycles. The van der Waals surface area contributed by atoms with Gasteiger partial charge < -0.3 is 4.98 Å². The molecule has 0 aliphatic heterocycles. The first kappa shape index (κ1) is 12.1. The molecule has 2 aromatic heterocycles. The zero-order chi connectivity index (χ0) is 12.4. The molecule has 92 valence electrons. The topological polar surface area (TPSA) is 60.6 Å². The molecule has 0 radical (unpaired) electrons. The number of rotatable bonds is 4. The number of aromatic amines is 2. The predicted molar refractivity (Wildman–Crippen MR) is 66.8 cm³/mol. The number of hydrogen-bond acceptors (Lipinski definition) is 3. The van der Waals surface area contributed by atoms with E-state index >= 15 is 0 Å². The highest BCUT2D eigenvalue weighted by atomic mass is 35.5. The lowest BCUT2D eigenvalue weighted by molar-refractivity contribution is 0.307. The maximum atomic E-state index is 6.12. The average molecular weight is 254 g/mol. The van der Waals surface area contributed by atoms with E-state index in [0.29, 0.717) is 11.6 Å². The van der Waals surface area contributed by atoms with Gasteiger partial charge in [0.2, 0.25) is 0 Å². The summed E-state index contributed by atoms with van der Waals surface area (Å²) in [5.74, 6) is 0.952. The van der Waals surface area contributed by atoms with Gasteiger partial charge in [0.15, 0.2) is 0 Å². The maximum absolute atomic E-state index is 6.12. The molecule has 0 aliphatic rings. The van der Waals surface area contributed by atoms with E-state index in [1.807, 2.05) is 27.1 Å². The highest BCUT2D eigenvalue weighted by Gasteiger charge is 2.11. The Morgan fingerprint density at radius 3 is 2.65 bits per heavy atom. The second-order valence-electron chi connectivity index (χ2n) is 4.29. The van der Waals surface area contributed by atoms with Gasteiger partial charge in [-0.2, -0.15) is 5.10 Å². The van der Waals surface area contributed by atoms with E-state index in [1.54, 1.807) is 0 Å². The van der Waals surface area contributed by atoms with Crippen LogP contribution in [0.1, 0.15) is 22.9 Å². The first-order valence-corrected chi connectivity index (χ1v) is 5.82. The third-order valence-electron chi connectivity index (χ3n) is 2.54. The number of halogens is 1. The maximum Gasteiger partial charge on any atom is 0.120 e. The van der Waals surface area contributed by atoms with Crippen molar-refractivity contribution in [2.45, 2.75) is 26.9 Å². The van der Waals surface area contributed by atoms with E-state index in [2.05, 4.69) is 25.1 Å². The van der Waals surface area contributed by atoms with E-state index in [9.17, 15) is 0 Å².